The van der Waals surface area contributed by atoms with Gasteiger partial charge in [0.25, 0.3) is 17.5 Å². The molecule has 4 amide bonds. The van der Waals surface area contributed by atoms with Crippen molar-refractivity contribution >= 4 is 29.5 Å². The molecule has 206 valence electrons. The summed E-state index contributed by atoms with van der Waals surface area (Å²) < 4.78 is 5.32. The van der Waals surface area contributed by atoms with Gasteiger partial charge in [0.05, 0.1) is 30.6 Å². The number of hydrogen-bond donors (Lipinski definition) is 2. The number of ether oxygens (including phenoxy) is 1. The molecule has 0 aliphatic carbocycles. The fourth-order valence-electron chi connectivity index (χ4n) is 4.73. The van der Waals surface area contributed by atoms with Gasteiger partial charge in [0, 0.05) is 43.9 Å². The van der Waals surface area contributed by atoms with E-state index in [1.807, 2.05) is 13.0 Å². The summed E-state index contributed by atoms with van der Waals surface area (Å²) in [5, 5.41) is 23.4. The Morgan fingerprint density at radius 1 is 1.05 bits per heavy atom. The van der Waals surface area contributed by atoms with Gasteiger partial charge in [-0.05, 0) is 24.6 Å². The van der Waals surface area contributed by atoms with Crippen LogP contribution < -0.4 is 5.32 Å². The van der Waals surface area contributed by atoms with Gasteiger partial charge in [0.2, 0.25) is 0 Å². The average molecular weight is 540 g/mol. The summed E-state index contributed by atoms with van der Waals surface area (Å²) in [6, 6.07) is 10.6. The van der Waals surface area contributed by atoms with Crippen molar-refractivity contribution < 1.29 is 33.9 Å². The van der Waals surface area contributed by atoms with E-state index < -0.39 is 47.4 Å². The molecule has 13 heteroatoms. The van der Waals surface area contributed by atoms with Crippen molar-refractivity contribution in [2.75, 3.05) is 39.4 Å². The molecule has 13 nitrogen and oxygen atoms in total. The fourth-order valence-corrected chi connectivity index (χ4v) is 4.73. The van der Waals surface area contributed by atoms with E-state index >= 15 is 0 Å². The number of nitrogens with zero attached hydrogens (tertiary/aromatic N) is 4. The van der Waals surface area contributed by atoms with Crippen LogP contribution in [0.2, 0.25) is 0 Å². The quantitative estimate of drug-likeness (QED) is 0.397. The molecule has 0 saturated carbocycles. The Morgan fingerprint density at radius 2 is 1.74 bits per heavy atom. The number of amides is 4. The van der Waals surface area contributed by atoms with Crippen LogP contribution in [0, 0.1) is 17.0 Å². The van der Waals surface area contributed by atoms with Crippen LogP contribution >= 0.6 is 0 Å². The smallest absolute Gasteiger partial charge is 0.322 e. The summed E-state index contributed by atoms with van der Waals surface area (Å²) in [4.78, 5) is 67.1. The van der Waals surface area contributed by atoms with Gasteiger partial charge < -0.3 is 25.0 Å². The van der Waals surface area contributed by atoms with Crippen molar-refractivity contribution in [3.63, 3.8) is 0 Å². The second-order valence-electron chi connectivity index (χ2n) is 9.33. The maximum Gasteiger partial charge on any atom is 0.322 e. The first kappa shape index (κ1) is 27.5. The van der Waals surface area contributed by atoms with E-state index in [4.69, 9.17) is 4.74 Å². The Kier molecular flexibility index (Phi) is 8.39. The summed E-state index contributed by atoms with van der Waals surface area (Å²) >= 11 is 0. The van der Waals surface area contributed by atoms with Crippen LogP contribution in [-0.4, -0.2) is 94.1 Å². The summed E-state index contributed by atoms with van der Waals surface area (Å²) in [6.07, 6.45) is -1.92. The molecule has 2 aliphatic rings. The molecule has 2 aromatic carbocycles. The summed E-state index contributed by atoms with van der Waals surface area (Å²) in [5.41, 5.74) is 1.13. The van der Waals surface area contributed by atoms with Gasteiger partial charge in [-0.3, -0.25) is 29.4 Å². The van der Waals surface area contributed by atoms with Gasteiger partial charge >= 0.3 is 12.0 Å². The summed E-state index contributed by atoms with van der Waals surface area (Å²) in [5.74, 6) is -2.47. The molecule has 0 radical (unpaired) electrons. The molecule has 2 unspecified atom stereocenters. The number of nitro benzene ring substituents is 1. The lowest BCUT2D eigenvalue weighted by Gasteiger charge is -2.35. The Labute approximate surface area is 224 Å². The number of non-ortho nitro benzene ring substituents is 1. The minimum Gasteiger partial charge on any atom is -0.481 e. The zero-order chi connectivity index (χ0) is 28.1. The van der Waals surface area contributed by atoms with Crippen LogP contribution in [0.25, 0.3) is 0 Å². The van der Waals surface area contributed by atoms with Gasteiger partial charge in [-0.25, -0.2) is 4.79 Å². The van der Waals surface area contributed by atoms with Gasteiger partial charge in [0.1, 0.15) is 0 Å². The number of aryl methyl sites for hydroxylation is 1. The van der Waals surface area contributed by atoms with E-state index in [9.17, 15) is 34.4 Å². The minimum atomic E-state index is -1.36. The standard InChI is InChI=1S/C26H29N5O8/c1-17-4-2-6-19(14-17)25(35)29-8-9-30(26(36)28-10-12-39-13-11-28)24(29)23(34)27-21(16-22(32)33)18-5-3-7-20(15-18)31(37)38/h2-7,14-15,21,24H,8-13,16H2,1H3,(H,27,34)(H,32,33). The first-order valence-electron chi connectivity index (χ1n) is 12.4. The molecule has 0 spiro atoms. The zero-order valence-electron chi connectivity index (χ0n) is 21.3. The van der Waals surface area contributed by atoms with Gasteiger partial charge in [-0.2, -0.15) is 0 Å². The van der Waals surface area contributed by atoms with Crippen LogP contribution in [0.15, 0.2) is 48.5 Å². The van der Waals surface area contributed by atoms with Crippen molar-refractivity contribution in [1.29, 1.82) is 0 Å². The normalized spacial score (nSPS) is 18.0. The molecule has 39 heavy (non-hydrogen) atoms. The van der Waals surface area contributed by atoms with Gasteiger partial charge in [0.15, 0.2) is 6.17 Å². The third-order valence-electron chi connectivity index (χ3n) is 6.64. The maximum atomic E-state index is 13.8. The number of carboxylic acid groups (broad SMARTS) is 1. The van der Waals surface area contributed by atoms with Crippen LogP contribution in [0.3, 0.4) is 0 Å². The number of nitro groups is 1. The molecule has 2 heterocycles. The molecule has 2 fully saturated rings. The van der Waals surface area contributed by atoms with E-state index in [1.165, 1.54) is 34.1 Å². The van der Waals surface area contributed by atoms with E-state index in [1.54, 1.807) is 23.1 Å². The van der Waals surface area contributed by atoms with Crippen LogP contribution in [-0.2, 0) is 14.3 Å². The van der Waals surface area contributed by atoms with Crippen molar-refractivity contribution in [3.8, 4) is 0 Å². The number of carbonyl (C=O) groups is 4. The van der Waals surface area contributed by atoms with E-state index in [0.29, 0.717) is 31.9 Å². The van der Waals surface area contributed by atoms with E-state index in [-0.39, 0.29) is 24.3 Å². The van der Waals surface area contributed by atoms with Gasteiger partial charge in [-0.1, -0.05) is 29.8 Å². The van der Waals surface area contributed by atoms with Gasteiger partial charge in [-0.15, -0.1) is 0 Å². The number of aliphatic carboxylic acids is 1. The minimum absolute atomic E-state index is 0.0847. The lowest BCUT2D eigenvalue weighted by molar-refractivity contribution is -0.384. The number of hydrogen-bond acceptors (Lipinski definition) is 7. The van der Waals surface area contributed by atoms with Crippen molar-refractivity contribution in [2.45, 2.75) is 25.6 Å². The molecule has 2 aliphatic heterocycles. The molecule has 2 aromatic rings. The molecular formula is C26H29N5O8. The Bertz CT molecular complexity index is 1280. The highest BCUT2D eigenvalue weighted by atomic mass is 16.6. The van der Waals surface area contributed by atoms with E-state index in [2.05, 4.69) is 5.32 Å². The largest absolute Gasteiger partial charge is 0.481 e. The number of benzene rings is 2. The highest BCUT2D eigenvalue weighted by molar-refractivity contribution is 5.99. The SMILES string of the molecule is Cc1cccc(C(=O)N2CCN(C(=O)N3CCOCC3)C2C(=O)NC(CC(=O)O)c2cccc([N+](=O)[O-])c2)c1. The Balaban J connectivity index is 1.66. The van der Waals surface area contributed by atoms with Crippen LogP contribution in [0.5, 0.6) is 0 Å². The third-order valence-corrected chi connectivity index (χ3v) is 6.64. The summed E-state index contributed by atoms with van der Waals surface area (Å²) in [7, 11) is 0. The monoisotopic (exact) mass is 539 g/mol. The third kappa shape index (κ3) is 6.32. The molecule has 2 N–H and O–H groups in total. The molecular weight excluding hydrogens is 510 g/mol. The first-order chi connectivity index (χ1) is 18.7. The first-order valence-corrected chi connectivity index (χ1v) is 12.4. The fraction of sp³-hybridized carbons (Fsp3) is 0.385. The predicted octanol–water partition coefficient (Wildman–Crippen LogP) is 1.77. The lowest BCUT2D eigenvalue weighted by Crippen LogP contribution is -2.57. The topological polar surface area (TPSA) is 163 Å². The van der Waals surface area contributed by atoms with E-state index in [0.717, 1.165) is 5.56 Å². The molecule has 2 saturated heterocycles. The number of carbonyl (C=O) groups excluding carboxylic acids is 3. The molecule has 0 aromatic heterocycles. The summed E-state index contributed by atoms with van der Waals surface area (Å²) in [6.45, 7) is 3.34. The number of rotatable bonds is 7. The molecule has 4 rings (SSSR count). The van der Waals surface area contributed by atoms with Crippen molar-refractivity contribution in [2.24, 2.45) is 0 Å². The van der Waals surface area contributed by atoms with Crippen LogP contribution in [0.4, 0.5) is 10.5 Å². The number of morpholine rings is 1. The molecule has 0 bridgehead atoms. The zero-order valence-corrected chi connectivity index (χ0v) is 21.3. The molecule has 2 atom stereocenters. The maximum absolute atomic E-state index is 13.8. The number of urea groups is 1. The average Bonchev–Trinajstić information content (AvgIpc) is 3.37. The predicted molar refractivity (Wildman–Crippen MR) is 137 cm³/mol. The van der Waals surface area contributed by atoms with Crippen molar-refractivity contribution in [3.05, 3.63) is 75.3 Å². The highest BCUT2D eigenvalue weighted by Gasteiger charge is 2.45. The number of nitrogens with one attached hydrogen (secondary N) is 1. The second-order valence-corrected chi connectivity index (χ2v) is 9.33. The Hall–Kier alpha value is -4.52. The number of carboxylic acids is 1. The van der Waals surface area contributed by atoms with Crippen LogP contribution in [0.1, 0.15) is 33.9 Å². The Morgan fingerprint density at radius 3 is 2.41 bits per heavy atom. The van der Waals surface area contributed by atoms with Crippen molar-refractivity contribution in [1.82, 2.24) is 20.0 Å². The highest BCUT2D eigenvalue weighted by Crippen LogP contribution is 2.25. The second kappa shape index (κ2) is 11.9. The lowest BCUT2D eigenvalue weighted by atomic mass is 10.0.